The third-order valence-electron chi connectivity index (χ3n) is 3.08. The quantitative estimate of drug-likeness (QED) is 0.787. The van der Waals surface area contributed by atoms with Crippen molar-refractivity contribution in [2.24, 2.45) is 0 Å². The summed E-state index contributed by atoms with van der Waals surface area (Å²) in [5, 5.41) is 4.16. The molecular formula is C15H12F2N4. The van der Waals surface area contributed by atoms with E-state index in [1.165, 1.54) is 29.1 Å². The number of aryl methyl sites for hydroxylation is 1. The van der Waals surface area contributed by atoms with E-state index in [9.17, 15) is 8.78 Å². The molecule has 0 unspecified atom stereocenters. The van der Waals surface area contributed by atoms with Gasteiger partial charge >= 0.3 is 0 Å². The number of pyridine rings is 1. The Hall–Kier alpha value is -2.76. The number of anilines is 1. The normalized spacial score (nSPS) is 10.8. The van der Waals surface area contributed by atoms with Gasteiger partial charge in [0.1, 0.15) is 17.3 Å². The third-order valence-corrected chi connectivity index (χ3v) is 3.08. The lowest BCUT2D eigenvalue weighted by molar-refractivity contribution is 0.588. The van der Waals surface area contributed by atoms with Gasteiger partial charge in [-0.15, -0.1) is 0 Å². The molecule has 1 aromatic carbocycles. The third kappa shape index (κ3) is 2.35. The molecule has 0 bridgehead atoms. The SMILES string of the molecule is Cc1ccnc(-n2cc(N)c(-c3c(F)cccc3F)n2)c1. The van der Waals surface area contributed by atoms with Crippen molar-refractivity contribution in [3.63, 3.8) is 0 Å². The number of benzene rings is 1. The van der Waals surface area contributed by atoms with Gasteiger partial charge in [-0.05, 0) is 36.8 Å². The van der Waals surface area contributed by atoms with Crippen molar-refractivity contribution in [3.8, 4) is 17.1 Å². The zero-order valence-corrected chi connectivity index (χ0v) is 11.2. The minimum Gasteiger partial charge on any atom is -0.396 e. The number of rotatable bonds is 2. The lowest BCUT2D eigenvalue weighted by Crippen LogP contribution is -1.99. The molecular weight excluding hydrogens is 274 g/mol. The first-order chi connectivity index (χ1) is 10.1. The molecule has 0 fully saturated rings. The second kappa shape index (κ2) is 4.97. The Labute approximate surface area is 119 Å². The van der Waals surface area contributed by atoms with E-state index in [0.29, 0.717) is 5.82 Å². The first kappa shape index (κ1) is 13.2. The minimum atomic E-state index is -0.704. The molecule has 0 saturated heterocycles. The van der Waals surface area contributed by atoms with Gasteiger partial charge in [-0.3, -0.25) is 0 Å². The number of hydrogen-bond donors (Lipinski definition) is 1. The summed E-state index contributed by atoms with van der Waals surface area (Å²) in [7, 11) is 0. The summed E-state index contributed by atoms with van der Waals surface area (Å²) in [6.45, 7) is 1.91. The molecule has 0 saturated carbocycles. The molecule has 106 valence electrons. The van der Waals surface area contributed by atoms with Gasteiger partial charge in [-0.2, -0.15) is 5.10 Å². The van der Waals surface area contributed by atoms with Gasteiger partial charge in [0.25, 0.3) is 0 Å². The van der Waals surface area contributed by atoms with Gasteiger partial charge in [-0.25, -0.2) is 18.4 Å². The maximum Gasteiger partial charge on any atom is 0.153 e. The summed E-state index contributed by atoms with van der Waals surface area (Å²) in [6.07, 6.45) is 3.12. The molecule has 2 N–H and O–H groups in total. The summed E-state index contributed by atoms with van der Waals surface area (Å²) in [4.78, 5) is 4.16. The smallest absolute Gasteiger partial charge is 0.153 e. The molecule has 21 heavy (non-hydrogen) atoms. The van der Waals surface area contributed by atoms with E-state index in [2.05, 4.69) is 10.1 Å². The van der Waals surface area contributed by atoms with Crippen molar-refractivity contribution in [2.75, 3.05) is 5.73 Å². The van der Waals surface area contributed by atoms with Crippen molar-refractivity contribution in [1.29, 1.82) is 0 Å². The Kier molecular flexibility index (Phi) is 3.13. The van der Waals surface area contributed by atoms with E-state index < -0.39 is 11.6 Å². The lowest BCUT2D eigenvalue weighted by atomic mass is 10.1. The summed E-state index contributed by atoms with van der Waals surface area (Å²) >= 11 is 0. The molecule has 0 aliphatic carbocycles. The van der Waals surface area contributed by atoms with Gasteiger partial charge in [0.15, 0.2) is 5.82 Å². The van der Waals surface area contributed by atoms with Crippen LogP contribution in [0.4, 0.5) is 14.5 Å². The highest BCUT2D eigenvalue weighted by Crippen LogP contribution is 2.29. The van der Waals surface area contributed by atoms with E-state index >= 15 is 0 Å². The van der Waals surface area contributed by atoms with Crippen LogP contribution in [-0.4, -0.2) is 14.8 Å². The average molecular weight is 286 g/mol. The van der Waals surface area contributed by atoms with Crippen LogP contribution >= 0.6 is 0 Å². The summed E-state index contributed by atoms with van der Waals surface area (Å²) in [5.74, 6) is -0.877. The van der Waals surface area contributed by atoms with Gasteiger partial charge in [-0.1, -0.05) is 6.07 Å². The van der Waals surface area contributed by atoms with Crippen molar-refractivity contribution >= 4 is 5.69 Å². The van der Waals surface area contributed by atoms with Crippen LogP contribution in [0.2, 0.25) is 0 Å². The van der Waals surface area contributed by atoms with Crippen LogP contribution in [-0.2, 0) is 0 Å². The van der Waals surface area contributed by atoms with Gasteiger partial charge < -0.3 is 5.73 Å². The number of aromatic nitrogens is 3. The van der Waals surface area contributed by atoms with Crippen molar-refractivity contribution in [3.05, 3.63) is 59.9 Å². The topological polar surface area (TPSA) is 56.7 Å². The molecule has 4 nitrogen and oxygen atoms in total. The van der Waals surface area contributed by atoms with Crippen LogP contribution in [0.1, 0.15) is 5.56 Å². The van der Waals surface area contributed by atoms with Crippen molar-refractivity contribution < 1.29 is 8.78 Å². The average Bonchev–Trinajstić information content (AvgIpc) is 2.81. The fourth-order valence-electron chi connectivity index (χ4n) is 2.07. The molecule has 0 amide bonds. The van der Waals surface area contributed by atoms with E-state index in [0.717, 1.165) is 5.56 Å². The van der Waals surface area contributed by atoms with Crippen LogP contribution in [0, 0.1) is 18.6 Å². The second-order valence-electron chi connectivity index (χ2n) is 4.67. The van der Waals surface area contributed by atoms with Gasteiger partial charge in [0, 0.05) is 6.20 Å². The van der Waals surface area contributed by atoms with Crippen LogP contribution < -0.4 is 5.73 Å². The standard InChI is InChI=1S/C15H12F2N4/c1-9-5-6-19-13(7-9)21-8-12(18)15(20-21)14-10(16)3-2-4-11(14)17/h2-8H,18H2,1H3. The number of nitrogens with two attached hydrogens (primary N) is 1. The fourth-order valence-corrected chi connectivity index (χ4v) is 2.07. The molecule has 6 heteroatoms. The Balaban J connectivity index is 2.15. The van der Waals surface area contributed by atoms with Crippen LogP contribution in [0.25, 0.3) is 17.1 Å². The van der Waals surface area contributed by atoms with E-state index in [4.69, 9.17) is 5.73 Å². The highest BCUT2D eigenvalue weighted by Gasteiger charge is 2.18. The minimum absolute atomic E-state index is 0.0638. The van der Waals surface area contributed by atoms with E-state index in [1.54, 1.807) is 12.3 Å². The zero-order valence-electron chi connectivity index (χ0n) is 11.2. The van der Waals surface area contributed by atoms with Crippen LogP contribution in [0.3, 0.4) is 0 Å². The van der Waals surface area contributed by atoms with Gasteiger partial charge in [0.05, 0.1) is 17.4 Å². The number of hydrogen-bond acceptors (Lipinski definition) is 3. The number of nitrogen functional groups attached to an aromatic ring is 1. The van der Waals surface area contributed by atoms with E-state index in [1.807, 2.05) is 13.0 Å². The Morgan fingerprint density at radius 3 is 2.52 bits per heavy atom. The zero-order chi connectivity index (χ0) is 15.0. The Morgan fingerprint density at radius 1 is 1.14 bits per heavy atom. The molecule has 2 heterocycles. The molecule has 3 rings (SSSR count). The van der Waals surface area contributed by atoms with Crippen LogP contribution in [0.15, 0.2) is 42.7 Å². The molecule has 3 aromatic rings. The summed E-state index contributed by atoms with van der Waals surface area (Å²) < 4.78 is 29.1. The number of nitrogens with zero attached hydrogens (tertiary/aromatic N) is 3. The molecule has 0 spiro atoms. The molecule has 0 aliphatic rings. The maximum atomic E-state index is 13.8. The van der Waals surface area contributed by atoms with Crippen LogP contribution in [0.5, 0.6) is 0 Å². The lowest BCUT2D eigenvalue weighted by Gasteiger charge is -2.03. The van der Waals surface area contributed by atoms with E-state index in [-0.39, 0.29) is 16.9 Å². The Bertz CT molecular complexity index is 791. The highest BCUT2D eigenvalue weighted by molar-refractivity contribution is 5.73. The first-order valence-corrected chi connectivity index (χ1v) is 6.29. The Morgan fingerprint density at radius 2 is 1.86 bits per heavy atom. The second-order valence-corrected chi connectivity index (χ2v) is 4.67. The molecule has 0 radical (unpaired) electrons. The predicted octanol–water partition coefficient (Wildman–Crippen LogP) is 3.10. The maximum absolute atomic E-state index is 13.8. The van der Waals surface area contributed by atoms with Crippen molar-refractivity contribution in [2.45, 2.75) is 6.92 Å². The summed E-state index contributed by atoms with van der Waals surface area (Å²) in [5.41, 5.74) is 6.85. The van der Waals surface area contributed by atoms with Crippen molar-refractivity contribution in [1.82, 2.24) is 14.8 Å². The largest absolute Gasteiger partial charge is 0.396 e. The molecule has 0 aliphatic heterocycles. The summed E-state index contributed by atoms with van der Waals surface area (Å²) in [6, 6.07) is 7.27. The fraction of sp³-hybridized carbons (Fsp3) is 0.0667. The van der Waals surface area contributed by atoms with Gasteiger partial charge in [0.2, 0.25) is 0 Å². The predicted molar refractivity (Wildman–Crippen MR) is 75.9 cm³/mol. The highest BCUT2D eigenvalue weighted by atomic mass is 19.1. The first-order valence-electron chi connectivity index (χ1n) is 6.29. The monoisotopic (exact) mass is 286 g/mol. The number of halogens is 2. The molecule has 0 atom stereocenters. The molecule has 2 aromatic heterocycles.